The van der Waals surface area contributed by atoms with E-state index in [9.17, 15) is 0 Å². The third-order valence-electron chi connectivity index (χ3n) is 5.47. The maximum atomic E-state index is 3.69. The molecule has 1 aliphatic carbocycles. The summed E-state index contributed by atoms with van der Waals surface area (Å²) in [5.41, 5.74) is 0. The molecule has 1 rings (SSSR count). The van der Waals surface area contributed by atoms with Gasteiger partial charge in [0.1, 0.15) is 0 Å². The Morgan fingerprint density at radius 3 is 2.11 bits per heavy atom. The summed E-state index contributed by atoms with van der Waals surface area (Å²) in [4.78, 5) is 0. The summed E-state index contributed by atoms with van der Waals surface area (Å²) >= 11 is 0. The molecule has 3 unspecified atom stereocenters. The second kappa shape index (κ2) is 8.29. The van der Waals surface area contributed by atoms with Gasteiger partial charge in [-0.1, -0.05) is 54.4 Å². The summed E-state index contributed by atoms with van der Waals surface area (Å²) in [6.07, 6.45) is 7.12. The van der Waals surface area contributed by atoms with Gasteiger partial charge in [-0.15, -0.1) is 0 Å². The van der Waals surface area contributed by atoms with E-state index in [2.05, 4.69) is 46.9 Å². The lowest BCUT2D eigenvalue weighted by atomic mass is 9.65. The van der Waals surface area contributed by atoms with Crippen molar-refractivity contribution in [3.8, 4) is 0 Å². The molecule has 0 radical (unpaired) electrons. The molecule has 1 aliphatic rings. The van der Waals surface area contributed by atoms with Crippen LogP contribution in [0.3, 0.4) is 0 Å². The molecule has 19 heavy (non-hydrogen) atoms. The minimum atomic E-state index is 0.630. The van der Waals surface area contributed by atoms with E-state index in [0.717, 1.165) is 29.6 Å². The predicted molar refractivity (Wildman–Crippen MR) is 86.4 cm³/mol. The Hall–Kier alpha value is -0.0400. The fraction of sp³-hybridized carbons (Fsp3) is 1.00. The molecule has 0 aliphatic heterocycles. The Labute approximate surface area is 121 Å². The van der Waals surface area contributed by atoms with Gasteiger partial charge in [0, 0.05) is 6.04 Å². The molecule has 0 heterocycles. The van der Waals surface area contributed by atoms with E-state index in [1.54, 1.807) is 0 Å². The minimum absolute atomic E-state index is 0.630. The van der Waals surface area contributed by atoms with Crippen LogP contribution in [0, 0.1) is 29.6 Å². The topological polar surface area (TPSA) is 12.0 Å². The highest BCUT2D eigenvalue weighted by Crippen LogP contribution is 2.42. The molecule has 1 fully saturated rings. The minimum Gasteiger partial charge on any atom is -0.314 e. The van der Waals surface area contributed by atoms with Crippen molar-refractivity contribution in [2.24, 2.45) is 29.6 Å². The van der Waals surface area contributed by atoms with Gasteiger partial charge in [0.2, 0.25) is 0 Å². The Balaban J connectivity index is 2.66. The van der Waals surface area contributed by atoms with E-state index >= 15 is 0 Å². The first-order valence-corrected chi connectivity index (χ1v) is 8.72. The zero-order chi connectivity index (χ0) is 14.4. The smallest absolute Gasteiger partial charge is 0.00104 e. The number of rotatable bonds is 7. The molecule has 0 aromatic carbocycles. The van der Waals surface area contributed by atoms with Crippen molar-refractivity contribution < 1.29 is 0 Å². The number of hydrogen-bond acceptors (Lipinski definition) is 1. The van der Waals surface area contributed by atoms with Gasteiger partial charge in [0.25, 0.3) is 0 Å². The number of hydrogen-bond donors (Lipinski definition) is 1. The molecule has 0 saturated heterocycles. The van der Waals surface area contributed by atoms with E-state index < -0.39 is 0 Å². The van der Waals surface area contributed by atoms with Gasteiger partial charge in [-0.05, 0) is 55.4 Å². The average Bonchev–Trinajstić information content (AvgIpc) is 2.38. The third-order valence-corrected chi connectivity index (χ3v) is 5.47. The first kappa shape index (κ1) is 17.0. The van der Waals surface area contributed by atoms with E-state index in [1.807, 2.05) is 0 Å². The fourth-order valence-electron chi connectivity index (χ4n) is 4.02. The van der Waals surface area contributed by atoms with E-state index in [0.29, 0.717) is 6.04 Å². The van der Waals surface area contributed by atoms with Crippen molar-refractivity contribution in [3.05, 3.63) is 0 Å². The van der Waals surface area contributed by atoms with E-state index in [1.165, 1.54) is 38.6 Å². The maximum Gasteiger partial charge on any atom is 0.00104 e. The van der Waals surface area contributed by atoms with Gasteiger partial charge in [0.05, 0.1) is 0 Å². The molecular weight excluding hydrogens is 230 g/mol. The second-order valence-electron chi connectivity index (χ2n) is 7.38. The highest BCUT2D eigenvalue weighted by molar-refractivity contribution is 4.86. The van der Waals surface area contributed by atoms with Crippen LogP contribution in [-0.4, -0.2) is 12.6 Å². The largest absolute Gasteiger partial charge is 0.314 e. The first-order chi connectivity index (χ1) is 8.99. The van der Waals surface area contributed by atoms with Crippen LogP contribution in [0.2, 0.25) is 0 Å². The monoisotopic (exact) mass is 267 g/mol. The second-order valence-corrected chi connectivity index (χ2v) is 7.38. The van der Waals surface area contributed by atoms with Gasteiger partial charge < -0.3 is 5.32 Å². The lowest BCUT2D eigenvalue weighted by Crippen LogP contribution is -2.39. The molecule has 1 saturated carbocycles. The molecule has 0 aromatic rings. The molecule has 0 aromatic heterocycles. The quantitative estimate of drug-likeness (QED) is 0.676. The first-order valence-electron chi connectivity index (χ1n) is 8.72. The lowest BCUT2D eigenvalue weighted by molar-refractivity contribution is 0.0915. The summed E-state index contributed by atoms with van der Waals surface area (Å²) in [5, 5.41) is 3.69. The summed E-state index contributed by atoms with van der Waals surface area (Å²) in [5.74, 6) is 4.67. The Morgan fingerprint density at radius 2 is 1.63 bits per heavy atom. The van der Waals surface area contributed by atoms with E-state index in [4.69, 9.17) is 0 Å². The predicted octanol–water partition coefficient (Wildman–Crippen LogP) is 5.11. The van der Waals surface area contributed by atoms with Gasteiger partial charge in [-0.2, -0.15) is 0 Å². The summed E-state index contributed by atoms with van der Waals surface area (Å²) in [6, 6.07) is 0.630. The maximum absolute atomic E-state index is 3.69. The molecule has 114 valence electrons. The molecule has 3 atom stereocenters. The average molecular weight is 268 g/mol. The van der Waals surface area contributed by atoms with Crippen LogP contribution < -0.4 is 5.32 Å². The van der Waals surface area contributed by atoms with Crippen molar-refractivity contribution in [1.82, 2.24) is 5.32 Å². The van der Waals surface area contributed by atoms with Gasteiger partial charge >= 0.3 is 0 Å². The normalized spacial score (nSPS) is 28.6. The highest BCUT2D eigenvalue weighted by atomic mass is 14.9. The van der Waals surface area contributed by atoms with Gasteiger partial charge in [-0.3, -0.25) is 0 Å². The molecule has 0 bridgehead atoms. The fourth-order valence-corrected chi connectivity index (χ4v) is 4.02. The summed E-state index contributed by atoms with van der Waals surface area (Å²) < 4.78 is 0. The molecule has 0 amide bonds. The van der Waals surface area contributed by atoms with Crippen molar-refractivity contribution >= 4 is 0 Å². The SMILES string of the molecule is CCC(CC)C1CC(C(C)C)CCC1CNC(C)C. The van der Waals surface area contributed by atoms with E-state index in [-0.39, 0.29) is 0 Å². The zero-order valence-corrected chi connectivity index (χ0v) is 14.2. The van der Waals surface area contributed by atoms with Crippen LogP contribution >= 0.6 is 0 Å². The van der Waals surface area contributed by atoms with Crippen molar-refractivity contribution in [2.75, 3.05) is 6.54 Å². The van der Waals surface area contributed by atoms with Gasteiger partial charge in [0.15, 0.2) is 0 Å². The van der Waals surface area contributed by atoms with Crippen LogP contribution in [0.1, 0.15) is 73.6 Å². The molecule has 1 nitrogen and oxygen atoms in total. The van der Waals surface area contributed by atoms with Crippen molar-refractivity contribution in [2.45, 2.75) is 79.7 Å². The van der Waals surface area contributed by atoms with Crippen molar-refractivity contribution in [3.63, 3.8) is 0 Å². The Morgan fingerprint density at radius 1 is 1.00 bits per heavy atom. The van der Waals surface area contributed by atoms with Crippen molar-refractivity contribution in [1.29, 1.82) is 0 Å². The van der Waals surface area contributed by atoms with Crippen LogP contribution in [0.5, 0.6) is 0 Å². The third kappa shape index (κ3) is 5.10. The van der Waals surface area contributed by atoms with Crippen LogP contribution in [-0.2, 0) is 0 Å². The van der Waals surface area contributed by atoms with Gasteiger partial charge in [-0.25, -0.2) is 0 Å². The molecular formula is C18H37N. The molecule has 1 heteroatoms. The van der Waals surface area contributed by atoms with Crippen LogP contribution in [0.4, 0.5) is 0 Å². The van der Waals surface area contributed by atoms with Crippen LogP contribution in [0.25, 0.3) is 0 Å². The van der Waals surface area contributed by atoms with Crippen LogP contribution in [0.15, 0.2) is 0 Å². The summed E-state index contributed by atoms with van der Waals surface area (Å²) in [6.45, 7) is 15.4. The molecule has 0 spiro atoms. The number of nitrogens with one attached hydrogen (secondary N) is 1. The Kier molecular flexibility index (Phi) is 7.42. The highest BCUT2D eigenvalue weighted by Gasteiger charge is 2.34. The zero-order valence-electron chi connectivity index (χ0n) is 14.2. The standard InChI is InChI=1S/C18H37N/c1-7-15(8-2)18-11-16(13(3)4)9-10-17(18)12-19-14(5)6/h13-19H,7-12H2,1-6H3. The lowest BCUT2D eigenvalue weighted by Gasteiger charge is -2.42. The Bertz CT molecular complexity index is 230. The summed E-state index contributed by atoms with van der Waals surface area (Å²) in [7, 11) is 0. The molecule has 1 N–H and O–H groups in total.